The third-order valence-corrected chi connectivity index (χ3v) is 3.48. The highest BCUT2D eigenvalue weighted by atomic mass is 79.9. The zero-order valence-electron chi connectivity index (χ0n) is 8.95. The topological polar surface area (TPSA) is 66.5 Å². The van der Waals surface area contributed by atoms with Crippen molar-refractivity contribution in [1.29, 1.82) is 0 Å². The van der Waals surface area contributed by atoms with Gasteiger partial charge in [0.2, 0.25) is 0 Å². The molecule has 1 aromatic carbocycles. The van der Waals surface area contributed by atoms with Gasteiger partial charge in [0, 0.05) is 10.0 Å². The Balaban J connectivity index is 3.03. The van der Waals surface area contributed by atoms with E-state index in [0.717, 1.165) is 10.9 Å². The van der Waals surface area contributed by atoms with Crippen molar-refractivity contribution in [3.63, 3.8) is 0 Å². The number of hydrogen-bond donors (Lipinski definition) is 3. The second-order valence-electron chi connectivity index (χ2n) is 3.71. The Hall–Kier alpha value is -0.100. The molecule has 3 nitrogen and oxygen atoms in total. The molecule has 0 aliphatic rings. The summed E-state index contributed by atoms with van der Waals surface area (Å²) in [5.41, 5.74) is 6.46. The van der Waals surface area contributed by atoms with E-state index in [2.05, 4.69) is 31.9 Å². The fourth-order valence-electron chi connectivity index (χ4n) is 1.52. The monoisotopic (exact) mass is 351 g/mol. The lowest BCUT2D eigenvalue weighted by molar-refractivity contribution is 0.133. The number of aliphatic hydroxyl groups is 1. The van der Waals surface area contributed by atoms with E-state index in [1.807, 2.05) is 6.92 Å². The maximum Gasteiger partial charge on any atom is 0.134 e. The van der Waals surface area contributed by atoms with Gasteiger partial charge in [0.15, 0.2) is 0 Å². The van der Waals surface area contributed by atoms with E-state index in [4.69, 9.17) is 5.73 Å². The Kier molecular flexibility index (Phi) is 5.24. The maximum atomic E-state index is 9.85. The van der Waals surface area contributed by atoms with E-state index in [1.165, 1.54) is 0 Å². The minimum atomic E-state index is -0.642. The zero-order valence-corrected chi connectivity index (χ0v) is 12.1. The van der Waals surface area contributed by atoms with Crippen molar-refractivity contribution >= 4 is 31.9 Å². The quantitative estimate of drug-likeness (QED) is 0.780. The average Bonchev–Trinajstić information content (AvgIpc) is 2.22. The smallest absolute Gasteiger partial charge is 0.134 e. The average molecular weight is 353 g/mol. The molecule has 0 amide bonds. The second-order valence-corrected chi connectivity index (χ2v) is 5.48. The molecule has 0 radical (unpaired) electrons. The first-order valence-electron chi connectivity index (χ1n) is 5.09. The minimum Gasteiger partial charge on any atom is -0.506 e. The molecule has 0 heterocycles. The van der Waals surface area contributed by atoms with Crippen LogP contribution in [0.4, 0.5) is 0 Å². The van der Waals surface area contributed by atoms with E-state index in [0.29, 0.717) is 16.5 Å². The van der Waals surface area contributed by atoms with Crippen LogP contribution in [0.1, 0.15) is 31.4 Å². The largest absolute Gasteiger partial charge is 0.506 e. The van der Waals surface area contributed by atoms with Gasteiger partial charge >= 0.3 is 0 Å². The maximum absolute atomic E-state index is 9.85. The Morgan fingerprint density at radius 2 is 2.00 bits per heavy atom. The van der Waals surface area contributed by atoms with Crippen LogP contribution >= 0.6 is 31.9 Å². The van der Waals surface area contributed by atoms with Crippen LogP contribution in [0.2, 0.25) is 0 Å². The molecule has 0 saturated carbocycles. The van der Waals surface area contributed by atoms with Crippen molar-refractivity contribution in [3.8, 4) is 5.75 Å². The van der Waals surface area contributed by atoms with E-state index in [-0.39, 0.29) is 5.75 Å². The summed E-state index contributed by atoms with van der Waals surface area (Å²) in [5.74, 6) is 0.0888. The molecule has 2 atom stereocenters. The van der Waals surface area contributed by atoms with Crippen molar-refractivity contribution in [2.75, 3.05) is 0 Å². The summed E-state index contributed by atoms with van der Waals surface area (Å²) in [6.07, 6.45) is 0.826. The molecule has 0 aliphatic heterocycles. The fourth-order valence-corrected chi connectivity index (χ4v) is 2.78. The van der Waals surface area contributed by atoms with Crippen LogP contribution < -0.4 is 5.73 Å². The number of phenols is 1. The first kappa shape index (κ1) is 14.0. The first-order valence-corrected chi connectivity index (χ1v) is 6.67. The summed E-state index contributed by atoms with van der Waals surface area (Å²) >= 11 is 6.56. The Labute approximate surface area is 112 Å². The summed E-state index contributed by atoms with van der Waals surface area (Å²) in [5, 5.41) is 19.7. The van der Waals surface area contributed by atoms with Gasteiger partial charge < -0.3 is 15.9 Å². The first-order chi connectivity index (χ1) is 7.47. The number of hydrogen-bond acceptors (Lipinski definition) is 3. The lowest BCUT2D eigenvalue weighted by Gasteiger charge is -2.20. The number of aliphatic hydroxyl groups excluding tert-OH is 1. The van der Waals surface area contributed by atoms with Crippen LogP contribution in [-0.2, 0) is 0 Å². The summed E-state index contributed by atoms with van der Waals surface area (Å²) in [4.78, 5) is 0. The molecule has 0 unspecified atom stereocenters. The normalized spacial score (nSPS) is 14.8. The van der Waals surface area contributed by atoms with Crippen LogP contribution in [0.5, 0.6) is 5.75 Å². The Bertz CT molecular complexity index is 371. The molecule has 16 heavy (non-hydrogen) atoms. The van der Waals surface area contributed by atoms with Crippen LogP contribution in [-0.4, -0.2) is 16.3 Å². The highest BCUT2D eigenvalue weighted by Crippen LogP contribution is 2.35. The van der Waals surface area contributed by atoms with Gasteiger partial charge in [-0.05, 0) is 34.5 Å². The number of rotatable bonds is 4. The lowest BCUT2D eigenvalue weighted by atomic mass is 9.98. The van der Waals surface area contributed by atoms with Gasteiger partial charge in [-0.25, -0.2) is 0 Å². The Morgan fingerprint density at radius 1 is 1.38 bits per heavy atom. The van der Waals surface area contributed by atoms with E-state index in [1.54, 1.807) is 12.1 Å². The van der Waals surface area contributed by atoms with E-state index >= 15 is 0 Å². The van der Waals surface area contributed by atoms with Crippen molar-refractivity contribution in [2.24, 2.45) is 5.73 Å². The van der Waals surface area contributed by atoms with Gasteiger partial charge in [-0.2, -0.15) is 0 Å². The molecule has 0 spiro atoms. The SMILES string of the molecule is CCC[C@@H](O)[C@@H](N)c1cc(Br)cc(Br)c1O. The van der Waals surface area contributed by atoms with Crippen molar-refractivity contribution < 1.29 is 10.2 Å². The highest BCUT2D eigenvalue weighted by Gasteiger charge is 2.20. The number of nitrogens with two attached hydrogens (primary N) is 1. The predicted molar refractivity (Wildman–Crippen MR) is 71.4 cm³/mol. The Morgan fingerprint density at radius 3 is 2.56 bits per heavy atom. The molecule has 4 N–H and O–H groups in total. The molecular weight excluding hydrogens is 338 g/mol. The van der Waals surface area contributed by atoms with Gasteiger partial charge in [-0.15, -0.1) is 0 Å². The molecule has 90 valence electrons. The van der Waals surface area contributed by atoms with E-state index in [9.17, 15) is 10.2 Å². The zero-order chi connectivity index (χ0) is 12.3. The summed E-state index contributed by atoms with van der Waals surface area (Å²) in [6.45, 7) is 1.98. The molecule has 0 saturated heterocycles. The third kappa shape index (κ3) is 3.20. The van der Waals surface area contributed by atoms with Crippen molar-refractivity contribution in [1.82, 2.24) is 0 Å². The summed E-state index contributed by atoms with van der Waals surface area (Å²) < 4.78 is 1.38. The van der Waals surface area contributed by atoms with Crippen LogP contribution in [0, 0.1) is 0 Å². The molecule has 1 rings (SSSR count). The molecule has 0 aromatic heterocycles. The molecule has 0 aliphatic carbocycles. The van der Waals surface area contributed by atoms with E-state index < -0.39 is 12.1 Å². The van der Waals surface area contributed by atoms with Crippen molar-refractivity contribution in [3.05, 3.63) is 26.6 Å². The van der Waals surface area contributed by atoms with Gasteiger partial charge in [-0.1, -0.05) is 29.3 Å². The van der Waals surface area contributed by atoms with Gasteiger partial charge in [0.05, 0.1) is 16.6 Å². The standard InChI is InChI=1S/C11H15Br2NO2/c1-2-3-9(15)10(14)7-4-6(12)5-8(13)11(7)16/h4-5,9-10,15-16H,2-3,14H2,1H3/t9-,10+/m1/s1. The molecular formula is C11H15Br2NO2. The summed E-state index contributed by atoms with van der Waals surface area (Å²) in [6, 6.07) is 2.88. The number of phenolic OH excluding ortho intramolecular Hbond substituents is 1. The van der Waals surface area contributed by atoms with Gasteiger partial charge in [0.1, 0.15) is 5.75 Å². The molecule has 0 bridgehead atoms. The van der Waals surface area contributed by atoms with Crippen LogP contribution in [0.25, 0.3) is 0 Å². The van der Waals surface area contributed by atoms with Crippen molar-refractivity contribution in [2.45, 2.75) is 31.9 Å². The lowest BCUT2D eigenvalue weighted by Crippen LogP contribution is -2.26. The highest BCUT2D eigenvalue weighted by molar-refractivity contribution is 9.11. The van der Waals surface area contributed by atoms with Crippen LogP contribution in [0.15, 0.2) is 21.1 Å². The molecule has 5 heteroatoms. The van der Waals surface area contributed by atoms with Crippen LogP contribution in [0.3, 0.4) is 0 Å². The minimum absolute atomic E-state index is 0.0888. The number of aromatic hydroxyl groups is 1. The number of halogens is 2. The van der Waals surface area contributed by atoms with Gasteiger partial charge in [-0.3, -0.25) is 0 Å². The predicted octanol–water partition coefficient (Wildman–Crippen LogP) is 3.08. The summed E-state index contributed by atoms with van der Waals surface area (Å²) in [7, 11) is 0. The molecule has 1 aromatic rings. The molecule has 0 fully saturated rings. The number of benzene rings is 1. The second kappa shape index (κ2) is 6.00. The fraction of sp³-hybridized carbons (Fsp3) is 0.455. The van der Waals surface area contributed by atoms with Gasteiger partial charge in [0.25, 0.3) is 0 Å². The third-order valence-electron chi connectivity index (χ3n) is 2.42.